The number of amides is 1. The third kappa shape index (κ3) is 7.23. The average molecular weight is 542 g/mol. The van der Waals surface area contributed by atoms with E-state index in [-0.39, 0.29) is 23.7 Å². The molecule has 1 saturated heterocycles. The van der Waals surface area contributed by atoms with Crippen molar-refractivity contribution in [2.45, 2.75) is 64.0 Å². The van der Waals surface area contributed by atoms with Gasteiger partial charge in [0.1, 0.15) is 6.04 Å². The van der Waals surface area contributed by atoms with Crippen molar-refractivity contribution < 1.29 is 17.9 Å². The highest BCUT2D eigenvalue weighted by Gasteiger charge is 2.42. The Morgan fingerprint density at radius 1 is 1.03 bits per heavy atom. The molecule has 1 aliphatic carbocycles. The molecule has 1 spiro atoms. The molecule has 0 radical (unpaired) electrons. The van der Waals surface area contributed by atoms with Crippen LogP contribution < -0.4 is 4.72 Å². The lowest BCUT2D eigenvalue weighted by Crippen LogP contribution is -2.54. The predicted octanol–water partition coefficient (Wildman–Crippen LogP) is 3.73. The lowest BCUT2D eigenvalue weighted by molar-refractivity contribution is -0.136. The first-order valence-electron chi connectivity index (χ1n) is 14.1. The normalized spacial score (nSPS) is 17.6. The zero-order valence-electron chi connectivity index (χ0n) is 22.9. The van der Waals surface area contributed by atoms with E-state index in [0.29, 0.717) is 32.7 Å². The Labute approximate surface area is 228 Å². The van der Waals surface area contributed by atoms with E-state index in [0.717, 1.165) is 44.3 Å². The van der Waals surface area contributed by atoms with Gasteiger partial charge in [-0.3, -0.25) is 4.79 Å². The summed E-state index contributed by atoms with van der Waals surface area (Å²) >= 11 is 0. The molecule has 0 aromatic heterocycles. The summed E-state index contributed by atoms with van der Waals surface area (Å²) in [5.74, 6) is -0.196. The number of benzene rings is 2. The lowest BCUT2D eigenvalue weighted by Gasteiger charge is -2.41. The third-order valence-electron chi connectivity index (χ3n) is 8.29. The van der Waals surface area contributed by atoms with Crippen LogP contribution in [0.5, 0.6) is 0 Å². The van der Waals surface area contributed by atoms with Crippen LogP contribution in [0.15, 0.2) is 54.6 Å². The Morgan fingerprint density at radius 2 is 1.71 bits per heavy atom. The number of hydrogen-bond donors (Lipinski definition) is 1. The molecule has 1 atom stereocenters. The molecule has 1 aliphatic heterocycles. The Hall–Kier alpha value is -2.26. The molecule has 0 saturated carbocycles. The summed E-state index contributed by atoms with van der Waals surface area (Å²) in [5, 5.41) is 0. The lowest BCUT2D eigenvalue weighted by atomic mass is 9.74. The highest BCUT2D eigenvalue weighted by Crippen LogP contribution is 2.46. The van der Waals surface area contributed by atoms with Crippen molar-refractivity contribution in [2.24, 2.45) is 0 Å². The van der Waals surface area contributed by atoms with Crippen LogP contribution in [0.3, 0.4) is 0 Å². The van der Waals surface area contributed by atoms with Crippen molar-refractivity contribution in [1.29, 1.82) is 0 Å². The van der Waals surface area contributed by atoms with Crippen molar-refractivity contribution in [3.05, 3.63) is 71.3 Å². The van der Waals surface area contributed by atoms with Crippen molar-refractivity contribution in [3.8, 4) is 0 Å². The molecular weight excluding hydrogens is 498 g/mol. The smallest absolute Gasteiger partial charge is 0.243 e. The number of aryl methyl sites for hydroxylation is 1. The average Bonchev–Trinajstić information content (AvgIpc) is 3.29. The van der Waals surface area contributed by atoms with Crippen molar-refractivity contribution >= 4 is 15.9 Å². The number of ether oxygens (including phenoxy) is 1. The quantitative estimate of drug-likeness (QED) is 0.418. The van der Waals surface area contributed by atoms with Crippen LogP contribution in [0.2, 0.25) is 0 Å². The van der Waals surface area contributed by atoms with Gasteiger partial charge in [-0.25, -0.2) is 13.1 Å². The molecular formula is C30H43N3O4S. The molecule has 208 valence electrons. The van der Waals surface area contributed by atoms with Crippen LogP contribution >= 0.6 is 0 Å². The van der Waals surface area contributed by atoms with Gasteiger partial charge < -0.3 is 14.5 Å². The summed E-state index contributed by atoms with van der Waals surface area (Å²) in [7, 11) is -3.64. The van der Waals surface area contributed by atoms with E-state index in [4.69, 9.17) is 4.74 Å². The zero-order valence-corrected chi connectivity index (χ0v) is 23.7. The van der Waals surface area contributed by atoms with Crippen molar-refractivity contribution in [2.75, 3.05) is 45.1 Å². The fourth-order valence-corrected chi connectivity index (χ4v) is 7.21. The van der Waals surface area contributed by atoms with Crippen LogP contribution in [-0.4, -0.2) is 75.3 Å². The summed E-state index contributed by atoms with van der Waals surface area (Å²) in [4.78, 5) is 17.7. The van der Waals surface area contributed by atoms with E-state index in [9.17, 15) is 13.2 Å². The van der Waals surface area contributed by atoms with Gasteiger partial charge in [0.05, 0.1) is 19.0 Å². The molecule has 38 heavy (non-hydrogen) atoms. The van der Waals surface area contributed by atoms with Gasteiger partial charge in [-0.2, -0.15) is 0 Å². The molecule has 2 aromatic rings. The largest absolute Gasteiger partial charge is 0.375 e. The third-order valence-corrected chi connectivity index (χ3v) is 9.76. The standard InChI is InChI=1S/C30H43N3O4S/c1-3-32(4-2)19-10-22-38(35,36)31-28(24-37-23-25-11-6-5-7-12-25)29(34)33-20-17-30(18-21-33)16-15-26-13-8-9-14-27(26)30/h5-9,11-14,28,31H,3-4,10,15-24H2,1-2H3/t28-/m1/s1. The number of hydrogen-bond acceptors (Lipinski definition) is 5. The topological polar surface area (TPSA) is 79.0 Å². The number of carbonyl (C=O) groups is 1. The van der Waals surface area contributed by atoms with Crippen LogP contribution in [0.25, 0.3) is 0 Å². The first-order chi connectivity index (χ1) is 18.4. The highest BCUT2D eigenvalue weighted by molar-refractivity contribution is 7.89. The Kier molecular flexibility index (Phi) is 9.98. The van der Waals surface area contributed by atoms with E-state index in [1.165, 1.54) is 11.1 Å². The van der Waals surface area contributed by atoms with Gasteiger partial charge in [-0.1, -0.05) is 68.4 Å². The number of nitrogens with one attached hydrogen (secondary N) is 1. The fraction of sp³-hybridized carbons (Fsp3) is 0.567. The van der Waals surface area contributed by atoms with Crippen molar-refractivity contribution in [3.63, 3.8) is 0 Å². The minimum Gasteiger partial charge on any atom is -0.375 e. The number of likely N-dealkylation sites (tertiary alicyclic amines) is 1. The second kappa shape index (κ2) is 13.2. The summed E-state index contributed by atoms with van der Waals surface area (Å²) in [6.07, 6.45) is 4.55. The van der Waals surface area contributed by atoms with Gasteiger partial charge >= 0.3 is 0 Å². The van der Waals surface area contributed by atoms with Crippen LogP contribution in [0.1, 0.15) is 56.2 Å². The molecule has 1 fully saturated rings. The first kappa shape index (κ1) is 28.7. The van der Waals surface area contributed by atoms with E-state index < -0.39 is 16.1 Å². The molecule has 2 aromatic carbocycles. The number of fused-ring (bicyclic) bond motifs is 2. The maximum atomic E-state index is 13.7. The van der Waals surface area contributed by atoms with E-state index in [1.807, 2.05) is 35.2 Å². The van der Waals surface area contributed by atoms with Gasteiger partial charge in [0.2, 0.25) is 15.9 Å². The maximum absolute atomic E-state index is 13.7. The van der Waals surface area contributed by atoms with E-state index in [2.05, 4.69) is 47.7 Å². The minimum absolute atomic E-state index is 0.00742. The van der Waals surface area contributed by atoms with Crippen LogP contribution in [0.4, 0.5) is 0 Å². The molecule has 1 heterocycles. The number of sulfonamides is 1. The molecule has 2 aliphatic rings. The number of nitrogens with zero attached hydrogens (tertiary/aromatic N) is 2. The van der Waals surface area contributed by atoms with Gasteiger partial charge in [0.25, 0.3) is 0 Å². The number of piperidine rings is 1. The fourth-order valence-electron chi connectivity index (χ4n) is 5.98. The van der Waals surface area contributed by atoms with Gasteiger partial charge in [0.15, 0.2) is 0 Å². The number of rotatable bonds is 13. The zero-order chi connectivity index (χ0) is 27.0. The van der Waals surface area contributed by atoms with E-state index in [1.54, 1.807) is 0 Å². The second-order valence-electron chi connectivity index (χ2n) is 10.6. The molecule has 7 nitrogen and oxygen atoms in total. The highest BCUT2D eigenvalue weighted by atomic mass is 32.2. The van der Waals surface area contributed by atoms with Gasteiger partial charge in [-0.05, 0) is 73.8 Å². The van der Waals surface area contributed by atoms with Crippen molar-refractivity contribution in [1.82, 2.24) is 14.5 Å². The molecule has 1 N–H and O–H groups in total. The van der Waals surface area contributed by atoms with Gasteiger partial charge in [0, 0.05) is 13.1 Å². The van der Waals surface area contributed by atoms with Gasteiger partial charge in [-0.15, -0.1) is 0 Å². The van der Waals surface area contributed by atoms with Crippen LogP contribution in [-0.2, 0) is 38.0 Å². The summed E-state index contributed by atoms with van der Waals surface area (Å²) in [6, 6.07) is 17.5. The SMILES string of the molecule is CCN(CC)CCCS(=O)(=O)N[C@H](COCc1ccccc1)C(=O)N1CCC2(CCc3ccccc32)CC1. The Balaban J connectivity index is 1.39. The number of carbonyl (C=O) groups excluding carboxylic acids is 1. The minimum atomic E-state index is -3.64. The monoisotopic (exact) mass is 541 g/mol. The Bertz CT molecular complexity index is 1140. The molecule has 8 heteroatoms. The Morgan fingerprint density at radius 3 is 2.42 bits per heavy atom. The summed E-state index contributed by atoms with van der Waals surface area (Å²) < 4.78 is 34.6. The first-order valence-corrected chi connectivity index (χ1v) is 15.7. The molecule has 0 bridgehead atoms. The summed E-state index contributed by atoms with van der Waals surface area (Å²) in [6.45, 7) is 8.23. The van der Waals surface area contributed by atoms with Crippen LogP contribution in [0, 0.1) is 0 Å². The molecule has 1 amide bonds. The molecule has 0 unspecified atom stereocenters. The second-order valence-corrected chi connectivity index (χ2v) is 12.5. The molecule has 4 rings (SSSR count). The predicted molar refractivity (Wildman–Crippen MR) is 151 cm³/mol. The summed E-state index contributed by atoms with van der Waals surface area (Å²) in [5.41, 5.74) is 3.98. The maximum Gasteiger partial charge on any atom is 0.243 e. The van der Waals surface area contributed by atoms with E-state index >= 15 is 0 Å².